The predicted molar refractivity (Wildman–Crippen MR) is 105 cm³/mol. The van der Waals surface area contributed by atoms with Gasteiger partial charge in [0.1, 0.15) is 5.75 Å². The fourth-order valence-electron chi connectivity index (χ4n) is 2.74. The van der Waals surface area contributed by atoms with Gasteiger partial charge in [-0.3, -0.25) is 9.69 Å². The summed E-state index contributed by atoms with van der Waals surface area (Å²) in [7, 11) is 0. The van der Waals surface area contributed by atoms with Gasteiger partial charge in [0.25, 0.3) is 5.91 Å². The first-order valence-electron chi connectivity index (χ1n) is 8.58. The van der Waals surface area contributed by atoms with Gasteiger partial charge in [-0.15, -0.1) is 0 Å². The molecule has 25 heavy (non-hydrogen) atoms. The maximum Gasteiger partial charge on any atom is 0.258 e. The van der Waals surface area contributed by atoms with Crippen molar-refractivity contribution >= 4 is 21.8 Å². The molecule has 1 amide bonds. The zero-order chi connectivity index (χ0) is 18.1. The lowest BCUT2D eigenvalue weighted by Crippen LogP contribution is -2.39. The maximum atomic E-state index is 12.2. The van der Waals surface area contributed by atoms with Crippen molar-refractivity contribution in [2.75, 3.05) is 26.2 Å². The smallest absolute Gasteiger partial charge is 0.258 e. The van der Waals surface area contributed by atoms with Gasteiger partial charge in [0, 0.05) is 11.0 Å². The predicted octanol–water partition coefficient (Wildman–Crippen LogP) is 4.03. The van der Waals surface area contributed by atoms with Crippen LogP contribution in [0.15, 0.2) is 59.1 Å². The molecule has 0 spiro atoms. The Balaban J connectivity index is 1.90. The number of carbonyl (C=O) groups excluding carboxylic acids is 1. The second-order valence-electron chi connectivity index (χ2n) is 5.69. The van der Waals surface area contributed by atoms with E-state index in [-0.39, 0.29) is 18.6 Å². The number of hydrogen-bond acceptors (Lipinski definition) is 3. The van der Waals surface area contributed by atoms with Crippen LogP contribution in [0.3, 0.4) is 0 Å². The minimum atomic E-state index is -0.115. The zero-order valence-corrected chi connectivity index (χ0v) is 16.3. The Hall–Kier alpha value is -1.85. The highest BCUT2D eigenvalue weighted by Crippen LogP contribution is 2.19. The second-order valence-corrected chi connectivity index (χ2v) is 6.61. The van der Waals surface area contributed by atoms with Gasteiger partial charge in [-0.2, -0.15) is 0 Å². The van der Waals surface area contributed by atoms with Crippen molar-refractivity contribution in [1.29, 1.82) is 0 Å². The quantitative estimate of drug-likeness (QED) is 0.685. The van der Waals surface area contributed by atoms with Crippen LogP contribution in [0, 0.1) is 0 Å². The number of hydrogen-bond donors (Lipinski definition) is 1. The zero-order valence-electron chi connectivity index (χ0n) is 14.7. The van der Waals surface area contributed by atoms with E-state index in [1.165, 1.54) is 5.56 Å². The van der Waals surface area contributed by atoms with E-state index in [2.05, 4.69) is 52.1 Å². The summed E-state index contributed by atoms with van der Waals surface area (Å²) < 4.78 is 6.51. The summed E-state index contributed by atoms with van der Waals surface area (Å²) in [6, 6.07) is 17.9. The summed E-state index contributed by atoms with van der Waals surface area (Å²) in [6.45, 7) is 6.72. The summed E-state index contributed by atoms with van der Waals surface area (Å²) in [6.07, 6.45) is 0. The van der Waals surface area contributed by atoms with E-state index < -0.39 is 0 Å². The average molecular weight is 405 g/mol. The Bertz CT molecular complexity index is 643. The van der Waals surface area contributed by atoms with E-state index >= 15 is 0 Å². The first-order chi connectivity index (χ1) is 12.1. The van der Waals surface area contributed by atoms with Crippen molar-refractivity contribution in [1.82, 2.24) is 10.2 Å². The van der Waals surface area contributed by atoms with Gasteiger partial charge in [0.15, 0.2) is 6.61 Å². The van der Waals surface area contributed by atoms with Crippen LogP contribution >= 0.6 is 15.9 Å². The molecule has 0 heterocycles. The molecule has 0 radical (unpaired) electrons. The molecule has 0 aliphatic carbocycles. The molecule has 0 fully saturated rings. The standard InChI is InChI=1S/C20H25BrN2O2/c1-3-23(4-2)19(16-8-6-5-7-9-16)14-22-20(24)15-25-18-12-10-17(21)11-13-18/h5-13,19H,3-4,14-15H2,1-2H3,(H,22,24). The lowest BCUT2D eigenvalue weighted by Gasteiger charge is -2.30. The lowest BCUT2D eigenvalue weighted by molar-refractivity contribution is -0.123. The minimum absolute atomic E-state index is 0.0153. The molecule has 0 aliphatic heterocycles. The molecule has 5 heteroatoms. The third-order valence-electron chi connectivity index (χ3n) is 4.11. The van der Waals surface area contributed by atoms with Gasteiger partial charge in [-0.05, 0) is 42.9 Å². The van der Waals surface area contributed by atoms with Crippen molar-refractivity contribution in [3.8, 4) is 5.75 Å². The lowest BCUT2D eigenvalue weighted by atomic mass is 10.1. The van der Waals surface area contributed by atoms with E-state index in [4.69, 9.17) is 4.74 Å². The molecule has 0 saturated heterocycles. The average Bonchev–Trinajstić information content (AvgIpc) is 2.65. The van der Waals surface area contributed by atoms with Crippen LogP contribution in [0.5, 0.6) is 5.75 Å². The van der Waals surface area contributed by atoms with Crippen LogP contribution in [0.1, 0.15) is 25.5 Å². The SMILES string of the molecule is CCN(CC)C(CNC(=O)COc1ccc(Br)cc1)c1ccccc1. The van der Waals surface area contributed by atoms with Crippen LogP contribution < -0.4 is 10.1 Å². The number of halogens is 1. The summed E-state index contributed by atoms with van der Waals surface area (Å²) in [5, 5.41) is 3.00. The van der Waals surface area contributed by atoms with Crippen molar-refractivity contribution in [3.63, 3.8) is 0 Å². The molecule has 0 aliphatic rings. The molecule has 1 unspecified atom stereocenters. The summed E-state index contributed by atoms with van der Waals surface area (Å²) >= 11 is 3.38. The Kier molecular flexibility index (Phi) is 7.95. The maximum absolute atomic E-state index is 12.2. The van der Waals surface area contributed by atoms with Gasteiger partial charge in [0.2, 0.25) is 0 Å². The Morgan fingerprint density at radius 3 is 2.32 bits per heavy atom. The van der Waals surface area contributed by atoms with E-state index in [0.717, 1.165) is 17.6 Å². The number of benzene rings is 2. The van der Waals surface area contributed by atoms with Crippen LogP contribution in [-0.2, 0) is 4.79 Å². The molecule has 2 rings (SSSR count). The van der Waals surface area contributed by atoms with Gasteiger partial charge in [-0.25, -0.2) is 0 Å². The number of nitrogens with zero attached hydrogens (tertiary/aromatic N) is 1. The first kappa shape index (κ1) is 19.5. The molecule has 0 aromatic heterocycles. The number of rotatable bonds is 9. The highest BCUT2D eigenvalue weighted by molar-refractivity contribution is 9.10. The van der Waals surface area contributed by atoms with Crippen molar-refractivity contribution in [2.45, 2.75) is 19.9 Å². The first-order valence-corrected chi connectivity index (χ1v) is 9.37. The summed E-state index contributed by atoms with van der Waals surface area (Å²) in [4.78, 5) is 14.5. The number of amides is 1. The largest absolute Gasteiger partial charge is 0.484 e. The Morgan fingerprint density at radius 2 is 1.72 bits per heavy atom. The van der Waals surface area contributed by atoms with Crippen molar-refractivity contribution in [2.24, 2.45) is 0 Å². The molecule has 134 valence electrons. The number of likely N-dealkylation sites (N-methyl/N-ethyl adjacent to an activating group) is 1. The van der Waals surface area contributed by atoms with Gasteiger partial charge < -0.3 is 10.1 Å². The van der Waals surface area contributed by atoms with Crippen LogP contribution in [0.4, 0.5) is 0 Å². The monoisotopic (exact) mass is 404 g/mol. The topological polar surface area (TPSA) is 41.6 Å². The van der Waals surface area contributed by atoms with Crippen molar-refractivity contribution in [3.05, 3.63) is 64.6 Å². The third kappa shape index (κ3) is 6.18. The third-order valence-corrected chi connectivity index (χ3v) is 4.64. The van der Waals surface area contributed by atoms with Gasteiger partial charge in [0.05, 0.1) is 6.04 Å². The fourth-order valence-corrected chi connectivity index (χ4v) is 3.00. The number of nitrogens with one attached hydrogen (secondary N) is 1. The van der Waals surface area contributed by atoms with Crippen molar-refractivity contribution < 1.29 is 9.53 Å². The molecule has 0 bridgehead atoms. The summed E-state index contributed by atoms with van der Waals surface area (Å²) in [5.74, 6) is 0.567. The second kappa shape index (κ2) is 10.2. The Morgan fingerprint density at radius 1 is 1.08 bits per heavy atom. The van der Waals surface area contributed by atoms with E-state index in [1.807, 2.05) is 42.5 Å². The van der Waals surface area contributed by atoms with Gasteiger partial charge >= 0.3 is 0 Å². The molecule has 2 aromatic rings. The van der Waals surface area contributed by atoms with E-state index in [0.29, 0.717) is 12.3 Å². The van der Waals surface area contributed by atoms with E-state index in [9.17, 15) is 4.79 Å². The molecular weight excluding hydrogens is 380 g/mol. The molecule has 1 N–H and O–H groups in total. The van der Waals surface area contributed by atoms with E-state index in [1.54, 1.807) is 0 Å². The molecule has 2 aromatic carbocycles. The number of carbonyl (C=O) groups is 1. The highest BCUT2D eigenvalue weighted by Gasteiger charge is 2.18. The molecular formula is C20H25BrN2O2. The normalized spacial score (nSPS) is 12.0. The Labute approximate surface area is 158 Å². The molecule has 4 nitrogen and oxygen atoms in total. The van der Waals surface area contributed by atoms with Crippen LogP contribution in [0.2, 0.25) is 0 Å². The van der Waals surface area contributed by atoms with Crippen LogP contribution in [0.25, 0.3) is 0 Å². The fraction of sp³-hybridized carbons (Fsp3) is 0.350. The van der Waals surface area contributed by atoms with Gasteiger partial charge in [-0.1, -0.05) is 60.1 Å². The van der Waals surface area contributed by atoms with Crippen LogP contribution in [-0.4, -0.2) is 37.0 Å². The minimum Gasteiger partial charge on any atom is -0.484 e. The molecule has 0 saturated carbocycles. The molecule has 1 atom stereocenters. The number of ether oxygens (including phenoxy) is 1. The highest BCUT2D eigenvalue weighted by atomic mass is 79.9. The summed E-state index contributed by atoms with van der Waals surface area (Å²) in [5.41, 5.74) is 1.21.